The van der Waals surface area contributed by atoms with E-state index in [2.05, 4.69) is 0 Å². The van der Waals surface area contributed by atoms with E-state index in [4.69, 9.17) is 40.9 Å². The van der Waals surface area contributed by atoms with E-state index >= 15 is 0 Å². The summed E-state index contributed by atoms with van der Waals surface area (Å²) in [6.07, 6.45) is -15.1. The van der Waals surface area contributed by atoms with Crippen LogP contribution in [0, 0.1) is 0 Å². The molecule has 0 amide bonds. The fraction of sp³-hybridized carbons (Fsp3) is 1.00. The van der Waals surface area contributed by atoms with Crippen molar-refractivity contribution in [3.05, 3.63) is 0 Å². The van der Waals surface area contributed by atoms with Crippen LogP contribution in [-0.4, -0.2) is 157 Å². The summed E-state index contributed by atoms with van der Waals surface area (Å²) in [6.45, 7) is -0.567. The van der Waals surface area contributed by atoms with Crippen LogP contribution in [0.4, 0.5) is 0 Å². The summed E-state index contributed by atoms with van der Waals surface area (Å²) in [4.78, 5) is 0. The standard InChI is InChI=1S/C21H41N3O14/c1-2-3-20(6-27)19(31)21(32,33)15(24)18(38-20)37-14-8(5-26)35-17(10(23)12(14)29)36-13-7(4-25)34-16(30)9(22)11(13)28/h7-19,25-33H,2-6,22-24H2,1H3/t7-,8-,9-,10-,11-,12-,13?,14?,15-,16-,17+,18+,19+,20-/m1/s1. The molecule has 0 saturated carbocycles. The monoisotopic (exact) mass is 559 g/mol. The molecule has 3 fully saturated rings. The van der Waals surface area contributed by atoms with Crippen molar-refractivity contribution in [1.29, 1.82) is 0 Å². The molecule has 3 saturated heterocycles. The molecule has 17 nitrogen and oxygen atoms in total. The molecule has 0 spiro atoms. The van der Waals surface area contributed by atoms with Gasteiger partial charge in [0.25, 0.3) is 0 Å². The average Bonchev–Trinajstić information content (AvgIpc) is 2.89. The van der Waals surface area contributed by atoms with Crippen molar-refractivity contribution in [3.63, 3.8) is 0 Å². The predicted molar refractivity (Wildman–Crippen MR) is 122 cm³/mol. The van der Waals surface area contributed by atoms with E-state index in [1.54, 1.807) is 6.92 Å². The second-order valence-electron chi connectivity index (χ2n) is 9.98. The molecule has 224 valence electrons. The van der Waals surface area contributed by atoms with Crippen molar-refractivity contribution in [2.75, 3.05) is 19.8 Å². The number of aliphatic hydroxyl groups is 9. The number of nitrogens with two attached hydrogens (primary N) is 3. The third kappa shape index (κ3) is 5.71. The minimum Gasteiger partial charge on any atom is -0.394 e. The van der Waals surface area contributed by atoms with E-state index in [9.17, 15) is 46.0 Å². The molecule has 0 radical (unpaired) electrons. The zero-order valence-electron chi connectivity index (χ0n) is 20.8. The minimum absolute atomic E-state index is 0.0165. The summed E-state index contributed by atoms with van der Waals surface area (Å²) in [7, 11) is 0. The van der Waals surface area contributed by atoms with Gasteiger partial charge in [0, 0.05) is 0 Å². The zero-order chi connectivity index (χ0) is 28.6. The van der Waals surface area contributed by atoms with Crippen LogP contribution in [0.25, 0.3) is 0 Å². The summed E-state index contributed by atoms with van der Waals surface area (Å²) in [5.41, 5.74) is 15.8. The van der Waals surface area contributed by atoms with Gasteiger partial charge in [0.1, 0.15) is 54.4 Å². The molecule has 3 aliphatic rings. The highest BCUT2D eigenvalue weighted by atomic mass is 16.7. The number of ether oxygens (including phenoxy) is 5. The maximum Gasteiger partial charge on any atom is 0.213 e. The highest BCUT2D eigenvalue weighted by Crippen LogP contribution is 2.39. The minimum atomic E-state index is -2.97. The van der Waals surface area contributed by atoms with Gasteiger partial charge < -0.3 is 86.8 Å². The SMILES string of the molecule is CCC[C@]1(CO)O[C@H](OC2[C@@H](CO)O[C@@H](OC3[C@@H](CO)O[C@@H](O)[C@H](N)[C@H]3O)[C@H](N)[C@H]2O)[C@@H](N)C(O)(O)[C@H]1O. The Morgan fingerprint density at radius 3 is 1.84 bits per heavy atom. The van der Waals surface area contributed by atoms with Crippen molar-refractivity contribution >= 4 is 0 Å². The van der Waals surface area contributed by atoms with Crippen LogP contribution in [0.1, 0.15) is 19.8 Å². The van der Waals surface area contributed by atoms with Gasteiger partial charge in [-0.25, -0.2) is 0 Å². The summed E-state index contributed by atoms with van der Waals surface area (Å²) in [5.74, 6) is -2.97. The van der Waals surface area contributed by atoms with Crippen LogP contribution < -0.4 is 17.2 Å². The van der Waals surface area contributed by atoms with E-state index in [1.165, 1.54) is 0 Å². The van der Waals surface area contributed by atoms with Gasteiger partial charge >= 0.3 is 0 Å². The first-order chi connectivity index (χ1) is 17.8. The molecular formula is C21H41N3O14. The fourth-order valence-corrected chi connectivity index (χ4v) is 5.03. The van der Waals surface area contributed by atoms with Crippen LogP contribution >= 0.6 is 0 Å². The maximum absolute atomic E-state index is 11.0. The predicted octanol–water partition coefficient (Wildman–Crippen LogP) is -7.18. The van der Waals surface area contributed by atoms with Crippen LogP contribution in [0.3, 0.4) is 0 Å². The summed E-state index contributed by atoms with van der Waals surface area (Å²) in [6, 6.07) is -4.50. The molecule has 0 aromatic rings. The van der Waals surface area contributed by atoms with E-state index in [0.29, 0.717) is 6.42 Å². The summed E-state index contributed by atoms with van der Waals surface area (Å²) in [5, 5.41) is 92.2. The van der Waals surface area contributed by atoms with Gasteiger partial charge in [-0.05, 0) is 6.42 Å². The molecule has 0 aliphatic carbocycles. The number of rotatable bonds is 9. The largest absolute Gasteiger partial charge is 0.394 e. The smallest absolute Gasteiger partial charge is 0.213 e. The lowest BCUT2D eigenvalue weighted by Gasteiger charge is -2.53. The van der Waals surface area contributed by atoms with Crippen LogP contribution in [0.5, 0.6) is 0 Å². The van der Waals surface area contributed by atoms with E-state index in [1.807, 2.05) is 0 Å². The molecule has 3 aliphatic heterocycles. The Labute approximate surface area is 218 Å². The van der Waals surface area contributed by atoms with Gasteiger partial charge in [-0.1, -0.05) is 13.3 Å². The van der Waals surface area contributed by atoms with Gasteiger partial charge in [-0.15, -0.1) is 0 Å². The van der Waals surface area contributed by atoms with Crippen molar-refractivity contribution in [1.82, 2.24) is 0 Å². The highest BCUT2D eigenvalue weighted by Gasteiger charge is 2.62. The van der Waals surface area contributed by atoms with Gasteiger partial charge in [0.2, 0.25) is 5.79 Å². The fourth-order valence-electron chi connectivity index (χ4n) is 5.03. The molecule has 38 heavy (non-hydrogen) atoms. The number of aliphatic hydroxyl groups excluding tert-OH is 7. The van der Waals surface area contributed by atoms with Crippen molar-refractivity contribution in [2.24, 2.45) is 17.2 Å². The van der Waals surface area contributed by atoms with E-state index < -0.39 is 111 Å². The van der Waals surface area contributed by atoms with Crippen LogP contribution in [-0.2, 0) is 23.7 Å². The van der Waals surface area contributed by atoms with Gasteiger partial charge in [0.15, 0.2) is 18.9 Å². The first kappa shape index (κ1) is 31.8. The molecule has 2 unspecified atom stereocenters. The molecule has 0 aromatic carbocycles. The Morgan fingerprint density at radius 2 is 1.32 bits per heavy atom. The van der Waals surface area contributed by atoms with E-state index in [-0.39, 0.29) is 6.42 Å². The lowest BCUT2D eigenvalue weighted by atomic mass is 9.81. The molecule has 0 bridgehead atoms. The van der Waals surface area contributed by atoms with Gasteiger partial charge in [0.05, 0.1) is 31.9 Å². The number of hydrogen-bond acceptors (Lipinski definition) is 17. The molecular weight excluding hydrogens is 518 g/mol. The normalized spacial score (nSPS) is 49.7. The highest BCUT2D eigenvalue weighted by molar-refractivity contribution is 5.06. The third-order valence-corrected chi connectivity index (χ3v) is 7.38. The topological polar surface area (TPSA) is 306 Å². The van der Waals surface area contributed by atoms with Crippen LogP contribution in [0.15, 0.2) is 0 Å². The van der Waals surface area contributed by atoms with Crippen LogP contribution in [0.2, 0.25) is 0 Å². The molecule has 0 aromatic heterocycles. The second kappa shape index (κ2) is 12.5. The van der Waals surface area contributed by atoms with Crippen molar-refractivity contribution < 1.29 is 69.6 Å². The molecule has 3 rings (SSSR count). The Bertz CT molecular complexity index is 765. The third-order valence-electron chi connectivity index (χ3n) is 7.38. The lowest BCUT2D eigenvalue weighted by Crippen LogP contribution is -2.76. The molecule has 17 heteroatoms. The first-order valence-electron chi connectivity index (χ1n) is 12.4. The zero-order valence-corrected chi connectivity index (χ0v) is 20.8. The quantitative estimate of drug-likeness (QED) is 0.117. The van der Waals surface area contributed by atoms with Crippen molar-refractivity contribution in [3.8, 4) is 0 Å². The Morgan fingerprint density at radius 1 is 0.789 bits per heavy atom. The lowest BCUT2D eigenvalue weighted by molar-refractivity contribution is -0.402. The Balaban J connectivity index is 1.79. The second-order valence-corrected chi connectivity index (χ2v) is 9.98. The Hall–Kier alpha value is -0.680. The van der Waals surface area contributed by atoms with Gasteiger partial charge in [-0.2, -0.15) is 0 Å². The Kier molecular flexibility index (Phi) is 10.4. The first-order valence-corrected chi connectivity index (χ1v) is 12.4. The molecule has 15 N–H and O–H groups in total. The summed E-state index contributed by atoms with van der Waals surface area (Å²) >= 11 is 0. The van der Waals surface area contributed by atoms with Crippen molar-refractivity contribution in [2.45, 2.75) is 111 Å². The molecule has 14 atom stereocenters. The summed E-state index contributed by atoms with van der Waals surface area (Å²) < 4.78 is 27.9. The van der Waals surface area contributed by atoms with Gasteiger partial charge in [-0.3, -0.25) is 0 Å². The number of hydrogen-bond donors (Lipinski definition) is 12. The average molecular weight is 560 g/mol. The maximum atomic E-state index is 11.0. The van der Waals surface area contributed by atoms with E-state index in [0.717, 1.165) is 0 Å². The molecule has 3 heterocycles.